The molecule has 0 fully saturated rings. The number of hydrogen-bond donors (Lipinski definition) is 1. The van der Waals surface area contributed by atoms with E-state index in [2.05, 4.69) is 11.4 Å². The number of nitriles is 1. The molecule has 1 aromatic carbocycles. The fourth-order valence-electron chi connectivity index (χ4n) is 1.94. The Morgan fingerprint density at radius 2 is 2.00 bits per heavy atom. The Bertz CT molecular complexity index is 612. The van der Waals surface area contributed by atoms with Crippen molar-refractivity contribution in [1.82, 2.24) is 10.2 Å². The van der Waals surface area contributed by atoms with Gasteiger partial charge < -0.3 is 5.32 Å². The Labute approximate surface area is 148 Å². The normalized spacial score (nSPS) is 15.1. The highest BCUT2D eigenvalue weighted by Crippen LogP contribution is 2.26. The van der Waals surface area contributed by atoms with Crippen molar-refractivity contribution in [3.63, 3.8) is 0 Å². The average molecular weight is 356 g/mol. The number of carbonyl (C=O) groups is 1. The maximum Gasteiger partial charge on any atom is 0.238 e. The summed E-state index contributed by atoms with van der Waals surface area (Å²) < 4.78 is 0. The summed E-state index contributed by atoms with van der Waals surface area (Å²) >= 11 is 12.2. The summed E-state index contributed by atoms with van der Waals surface area (Å²) in [6, 6.07) is 7.21. The van der Waals surface area contributed by atoms with E-state index >= 15 is 0 Å². The molecular weight excluding hydrogens is 333 g/mol. The summed E-state index contributed by atoms with van der Waals surface area (Å²) in [6.45, 7) is 7.83. The molecule has 0 aromatic heterocycles. The van der Waals surface area contributed by atoms with Crippen LogP contribution in [0.15, 0.2) is 18.2 Å². The Morgan fingerprint density at radius 1 is 1.39 bits per heavy atom. The number of rotatable bonds is 6. The largest absolute Gasteiger partial charge is 0.336 e. The van der Waals surface area contributed by atoms with Crippen molar-refractivity contribution in [2.75, 3.05) is 7.05 Å². The first-order chi connectivity index (χ1) is 10.6. The lowest BCUT2D eigenvalue weighted by Crippen LogP contribution is -2.54. The highest BCUT2D eigenvalue weighted by Gasteiger charge is 2.32. The Morgan fingerprint density at radius 3 is 2.52 bits per heavy atom. The first-order valence-electron chi connectivity index (χ1n) is 7.48. The minimum Gasteiger partial charge on any atom is -0.336 e. The van der Waals surface area contributed by atoms with E-state index in [4.69, 9.17) is 23.2 Å². The molecule has 2 atom stereocenters. The minimum atomic E-state index is -0.889. The fourth-order valence-corrected chi connectivity index (χ4v) is 2.32. The van der Waals surface area contributed by atoms with Crippen LogP contribution in [0.3, 0.4) is 0 Å². The summed E-state index contributed by atoms with van der Waals surface area (Å²) in [5, 5.41) is 13.1. The van der Waals surface area contributed by atoms with Crippen LogP contribution in [0.25, 0.3) is 0 Å². The van der Waals surface area contributed by atoms with E-state index in [1.165, 1.54) is 0 Å². The number of nitrogens with one attached hydrogen (secondary N) is 1. The van der Waals surface area contributed by atoms with Crippen LogP contribution in [-0.4, -0.2) is 29.4 Å². The minimum absolute atomic E-state index is 0.0105. The summed E-state index contributed by atoms with van der Waals surface area (Å²) in [5.74, 6) is -0.181. The van der Waals surface area contributed by atoms with E-state index in [0.29, 0.717) is 16.6 Å². The predicted octanol–water partition coefficient (Wildman–Crippen LogP) is 3.87. The molecule has 0 unspecified atom stereocenters. The number of halogens is 2. The monoisotopic (exact) mass is 355 g/mol. The van der Waals surface area contributed by atoms with Gasteiger partial charge in [0, 0.05) is 6.54 Å². The summed E-state index contributed by atoms with van der Waals surface area (Å²) in [5.41, 5.74) is -0.0342. The molecule has 0 spiro atoms. The van der Waals surface area contributed by atoms with E-state index in [9.17, 15) is 10.1 Å². The number of likely N-dealkylation sites (N-methyl/N-ethyl adjacent to an activating group) is 1. The number of hydrogen-bond acceptors (Lipinski definition) is 3. The van der Waals surface area contributed by atoms with Crippen molar-refractivity contribution in [2.45, 2.75) is 45.8 Å². The quantitative estimate of drug-likeness (QED) is 0.842. The molecule has 0 radical (unpaired) electrons. The first-order valence-corrected chi connectivity index (χ1v) is 8.24. The van der Waals surface area contributed by atoms with Crippen molar-refractivity contribution < 1.29 is 4.79 Å². The Balaban J connectivity index is 2.80. The zero-order valence-electron chi connectivity index (χ0n) is 14.2. The zero-order valence-corrected chi connectivity index (χ0v) is 15.7. The van der Waals surface area contributed by atoms with E-state index in [-0.39, 0.29) is 11.8 Å². The number of nitrogens with zero attached hydrogens (tertiary/aromatic N) is 2. The number of amides is 1. The standard InChI is InChI=1S/C17H23Cl2N3O/c1-11(2)17(4,10-20)21-16(23)12(3)22(5)9-13-7-6-8-14(18)15(13)19/h6-8,11-12H,9H2,1-5H3,(H,21,23)/t12-,17+/m1/s1. The van der Waals surface area contributed by atoms with Gasteiger partial charge in [-0.2, -0.15) is 5.26 Å². The molecule has 23 heavy (non-hydrogen) atoms. The molecule has 1 rings (SSSR count). The first kappa shape index (κ1) is 19.8. The molecule has 0 aliphatic heterocycles. The Hall–Kier alpha value is -1.28. The smallest absolute Gasteiger partial charge is 0.238 e. The molecule has 6 heteroatoms. The second-order valence-corrected chi connectivity index (χ2v) is 7.05. The van der Waals surface area contributed by atoms with Crippen LogP contribution in [-0.2, 0) is 11.3 Å². The molecule has 126 valence electrons. The third-order valence-corrected chi connectivity index (χ3v) is 5.12. The van der Waals surface area contributed by atoms with Crippen LogP contribution < -0.4 is 5.32 Å². The van der Waals surface area contributed by atoms with E-state index in [1.54, 1.807) is 19.9 Å². The number of benzene rings is 1. The van der Waals surface area contributed by atoms with Gasteiger partial charge in [-0.15, -0.1) is 0 Å². The summed E-state index contributed by atoms with van der Waals surface area (Å²) in [7, 11) is 1.83. The second kappa shape index (κ2) is 8.01. The van der Waals surface area contributed by atoms with Crippen LogP contribution >= 0.6 is 23.2 Å². The van der Waals surface area contributed by atoms with Gasteiger partial charge in [0.1, 0.15) is 5.54 Å². The van der Waals surface area contributed by atoms with Crippen molar-refractivity contribution in [3.05, 3.63) is 33.8 Å². The van der Waals surface area contributed by atoms with Crippen molar-refractivity contribution in [3.8, 4) is 6.07 Å². The van der Waals surface area contributed by atoms with Gasteiger partial charge in [0.05, 0.1) is 22.2 Å². The molecule has 0 aliphatic carbocycles. The van der Waals surface area contributed by atoms with Crippen LogP contribution in [0.2, 0.25) is 10.0 Å². The lowest BCUT2D eigenvalue weighted by Gasteiger charge is -2.31. The highest BCUT2D eigenvalue weighted by atomic mass is 35.5. The molecule has 0 saturated carbocycles. The average Bonchev–Trinajstić information content (AvgIpc) is 2.50. The third-order valence-electron chi connectivity index (χ3n) is 4.26. The SMILES string of the molecule is CC(C)[C@](C)(C#N)NC(=O)[C@@H](C)N(C)Cc1cccc(Cl)c1Cl. The van der Waals surface area contributed by atoms with Gasteiger partial charge in [0.2, 0.25) is 5.91 Å². The molecule has 0 heterocycles. The molecular formula is C17H23Cl2N3O. The summed E-state index contributed by atoms with van der Waals surface area (Å²) in [6.07, 6.45) is 0. The van der Waals surface area contributed by atoms with Crippen LogP contribution in [0.1, 0.15) is 33.3 Å². The van der Waals surface area contributed by atoms with Gasteiger partial charge in [-0.1, -0.05) is 49.2 Å². The molecule has 1 amide bonds. The van der Waals surface area contributed by atoms with Gasteiger partial charge in [-0.3, -0.25) is 9.69 Å². The van der Waals surface area contributed by atoms with Crippen LogP contribution in [0.5, 0.6) is 0 Å². The maximum absolute atomic E-state index is 12.4. The van der Waals surface area contributed by atoms with E-state index in [1.807, 2.05) is 37.9 Å². The third kappa shape index (κ3) is 4.84. The Kier molecular flexibility index (Phi) is 6.88. The predicted molar refractivity (Wildman–Crippen MR) is 94.4 cm³/mol. The maximum atomic E-state index is 12.4. The molecule has 0 aliphatic rings. The molecule has 0 bridgehead atoms. The zero-order chi connectivity index (χ0) is 17.8. The number of carbonyl (C=O) groups excluding carboxylic acids is 1. The molecule has 4 nitrogen and oxygen atoms in total. The van der Waals surface area contributed by atoms with Crippen molar-refractivity contribution in [1.29, 1.82) is 5.26 Å². The van der Waals surface area contributed by atoms with Crippen LogP contribution in [0.4, 0.5) is 0 Å². The van der Waals surface area contributed by atoms with Gasteiger partial charge in [0.25, 0.3) is 0 Å². The van der Waals surface area contributed by atoms with Gasteiger partial charge in [-0.05, 0) is 38.4 Å². The van der Waals surface area contributed by atoms with Crippen molar-refractivity contribution >= 4 is 29.1 Å². The lowest BCUT2D eigenvalue weighted by atomic mass is 9.90. The lowest BCUT2D eigenvalue weighted by molar-refractivity contribution is -0.127. The fraction of sp³-hybridized carbons (Fsp3) is 0.529. The van der Waals surface area contributed by atoms with Gasteiger partial charge in [0.15, 0.2) is 0 Å². The summed E-state index contributed by atoms with van der Waals surface area (Å²) in [4.78, 5) is 14.3. The molecule has 1 N–H and O–H groups in total. The molecule has 1 aromatic rings. The van der Waals surface area contributed by atoms with Gasteiger partial charge in [-0.25, -0.2) is 0 Å². The van der Waals surface area contributed by atoms with Crippen LogP contribution in [0, 0.1) is 17.2 Å². The second-order valence-electron chi connectivity index (χ2n) is 6.26. The van der Waals surface area contributed by atoms with E-state index < -0.39 is 11.6 Å². The highest BCUT2D eigenvalue weighted by molar-refractivity contribution is 6.42. The van der Waals surface area contributed by atoms with E-state index in [0.717, 1.165) is 5.56 Å². The molecule has 0 saturated heterocycles. The van der Waals surface area contributed by atoms with Gasteiger partial charge >= 0.3 is 0 Å². The topological polar surface area (TPSA) is 56.1 Å². The van der Waals surface area contributed by atoms with Crippen molar-refractivity contribution in [2.24, 2.45) is 5.92 Å².